The number of imide groups is 1. The molecule has 4 amide bonds. The van der Waals surface area contributed by atoms with Crippen molar-refractivity contribution in [1.29, 1.82) is 0 Å². The lowest BCUT2D eigenvalue weighted by molar-refractivity contribution is -0.128. The molecule has 3 N–H and O–H groups in total. The number of carbonyl (C=O) groups excluding carboxylic acids is 3. The number of urea groups is 1. The van der Waals surface area contributed by atoms with Crippen LogP contribution in [-0.2, 0) is 4.79 Å². The van der Waals surface area contributed by atoms with Gasteiger partial charge in [-0.1, -0.05) is 6.07 Å². The Morgan fingerprint density at radius 3 is 2.78 bits per heavy atom. The normalized spacial score (nSPS) is 18.3. The van der Waals surface area contributed by atoms with Gasteiger partial charge in [-0.3, -0.25) is 14.5 Å². The molecule has 2 fully saturated rings. The Morgan fingerprint density at radius 1 is 1.35 bits per heavy atom. The average Bonchev–Trinajstić information content (AvgIpc) is 3.25. The monoisotopic (exact) mass is 316 g/mol. The number of nitrogens with one attached hydrogen (secondary N) is 3. The topological polar surface area (TPSA) is 90.5 Å². The van der Waals surface area contributed by atoms with E-state index in [9.17, 15) is 14.4 Å². The highest BCUT2D eigenvalue weighted by Crippen LogP contribution is 2.20. The molecular weight excluding hydrogens is 296 g/mol. The maximum absolute atomic E-state index is 12.3. The second kappa shape index (κ2) is 6.28. The second-order valence-corrected chi connectivity index (χ2v) is 5.92. The predicted molar refractivity (Wildman–Crippen MR) is 85.1 cm³/mol. The van der Waals surface area contributed by atoms with E-state index < -0.39 is 6.04 Å². The molecule has 122 valence electrons. The van der Waals surface area contributed by atoms with Crippen molar-refractivity contribution in [2.45, 2.75) is 31.8 Å². The molecule has 0 aromatic heterocycles. The first kappa shape index (κ1) is 15.3. The van der Waals surface area contributed by atoms with Gasteiger partial charge in [0.15, 0.2) is 0 Å². The summed E-state index contributed by atoms with van der Waals surface area (Å²) in [6, 6.07) is 6.40. The van der Waals surface area contributed by atoms with E-state index >= 15 is 0 Å². The second-order valence-electron chi connectivity index (χ2n) is 5.92. The molecule has 1 aliphatic heterocycles. The summed E-state index contributed by atoms with van der Waals surface area (Å²) in [5.41, 5.74) is 1.23. The molecule has 0 radical (unpaired) electrons. The number of hydrogen-bond donors (Lipinski definition) is 3. The highest BCUT2D eigenvalue weighted by molar-refractivity contribution is 5.99. The van der Waals surface area contributed by atoms with Crippen LogP contribution in [0.4, 0.5) is 10.5 Å². The zero-order chi connectivity index (χ0) is 16.4. The van der Waals surface area contributed by atoms with Gasteiger partial charge in [0, 0.05) is 30.4 Å². The van der Waals surface area contributed by atoms with Crippen LogP contribution in [-0.4, -0.2) is 47.9 Å². The molecule has 0 unspecified atom stereocenters. The Bertz CT molecular complexity index is 642. The van der Waals surface area contributed by atoms with Crippen molar-refractivity contribution >= 4 is 23.5 Å². The van der Waals surface area contributed by atoms with Crippen LogP contribution in [0.15, 0.2) is 24.3 Å². The van der Waals surface area contributed by atoms with Gasteiger partial charge in [0.1, 0.15) is 6.04 Å². The van der Waals surface area contributed by atoms with Gasteiger partial charge in [-0.2, -0.15) is 0 Å². The van der Waals surface area contributed by atoms with Crippen molar-refractivity contribution in [2.24, 2.45) is 0 Å². The maximum Gasteiger partial charge on any atom is 0.324 e. The molecule has 0 spiro atoms. The average molecular weight is 316 g/mol. The van der Waals surface area contributed by atoms with E-state index in [4.69, 9.17) is 0 Å². The third kappa shape index (κ3) is 3.61. The lowest BCUT2D eigenvalue weighted by Crippen LogP contribution is -2.43. The van der Waals surface area contributed by atoms with E-state index in [1.54, 1.807) is 31.2 Å². The van der Waals surface area contributed by atoms with Crippen LogP contribution in [0.2, 0.25) is 0 Å². The summed E-state index contributed by atoms with van der Waals surface area (Å²) in [6.07, 6.45) is 2.07. The van der Waals surface area contributed by atoms with Crippen molar-refractivity contribution in [3.05, 3.63) is 29.8 Å². The fourth-order valence-corrected chi connectivity index (χ4v) is 2.47. The van der Waals surface area contributed by atoms with Crippen molar-refractivity contribution < 1.29 is 14.4 Å². The van der Waals surface area contributed by atoms with Gasteiger partial charge in [-0.15, -0.1) is 0 Å². The molecule has 23 heavy (non-hydrogen) atoms. The minimum Gasteiger partial charge on any atom is -0.374 e. The summed E-state index contributed by atoms with van der Waals surface area (Å²) in [5.74, 6) is -0.387. The van der Waals surface area contributed by atoms with Crippen LogP contribution < -0.4 is 16.0 Å². The van der Waals surface area contributed by atoms with Gasteiger partial charge in [0.2, 0.25) is 0 Å². The Morgan fingerprint density at radius 2 is 2.13 bits per heavy atom. The molecular formula is C16H20N4O3. The van der Waals surface area contributed by atoms with E-state index in [0.717, 1.165) is 12.8 Å². The Hall–Kier alpha value is -2.57. The third-order valence-electron chi connectivity index (χ3n) is 3.91. The quantitative estimate of drug-likeness (QED) is 0.754. The molecule has 1 aliphatic carbocycles. The number of benzene rings is 1. The van der Waals surface area contributed by atoms with Crippen molar-refractivity contribution in [2.75, 3.05) is 18.4 Å². The highest BCUT2D eigenvalue weighted by Gasteiger charge is 2.29. The fraction of sp³-hybridized carbons (Fsp3) is 0.438. The van der Waals surface area contributed by atoms with E-state index in [0.29, 0.717) is 30.4 Å². The SMILES string of the molecule is C[C@@H](Nc1cccc(C(=O)NC2CC2)c1)C(=O)N1CCNC1=O. The van der Waals surface area contributed by atoms with Gasteiger partial charge in [0.25, 0.3) is 11.8 Å². The van der Waals surface area contributed by atoms with E-state index in [1.807, 2.05) is 0 Å². The summed E-state index contributed by atoms with van der Waals surface area (Å²) in [7, 11) is 0. The Balaban J connectivity index is 1.63. The van der Waals surface area contributed by atoms with Gasteiger partial charge in [-0.05, 0) is 38.0 Å². The van der Waals surface area contributed by atoms with Gasteiger partial charge >= 0.3 is 6.03 Å². The largest absolute Gasteiger partial charge is 0.374 e. The smallest absolute Gasteiger partial charge is 0.324 e. The molecule has 1 atom stereocenters. The number of carbonyl (C=O) groups is 3. The molecule has 1 saturated heterocycles. The van der Waals surface area contributed by atoms with Crippen LogP contribution in [0, 0.1) is 0 Å². The highest BCUT2D eigenvalue weighted by atomic mass is 16.2. The number of rotatable bonds is 5. The van der Waals surface area contributed by atoms with Crippen LogP contribution in [0.5, 0.6) is 0 Å². The third-order valence-corrected chi connectivity index (χ3v) is 3.91. The molecule has 7 heteroatoms. The molecule has 2 aliphatic rings. The van der Waals surface area contributed by atoms with Gasteiger partial charge < -0.3 is 16.0 Å². The van der Waals surface area contributed by atoms with Crippen LogP contribution >= 0.6 is 0 Å². The zero-order valence-corrected chi connectivity index (χ0v) is 13.0. The molecule has 7 nitrogen and oxygen atoms in total. The number of anilines is 1. The Labute approximate surface area is 134 Å². The predicted octanol–water partition coefficient (Wildman–Crippen LogP) is 0.931. The number of nitrogens with zero attached hydrogens (tertiary/aromatic N) is 1. The summed E-state index contributed by atoms with van der Waals surface area (Å²) in [5, 5.41) is 8.58. The maximum atomic E-state index is 12.3. The first-order chi connectivity index (χ1) is 11.0. The molecule has 1 heterocycles. The summed E-state index contributed by atoms with van der Waals surface area (Å²) in [4.78, 5) is 37.0. The molecule has 3 rings (SSSR count). The van der Waals surface area contributed by atoms with Crippen LogP contribution in [0.3, 0.4) is 0 Å². The molecule has 0 bridgehead atoms. The summed E-state index contributed by atoms with van der Waals surface area (Å²) >= 11 is 0. The number of amides is 4. The molecule has 1 aromatic rings. The van der Waals surface area contributed by atoms with Gasteiger partial charge in [0.05, 0.1) is 0 Å². The Kier molecular flexibility index (Phi) is 4.18. The van der Waals surface area contributed by atoms with E-state index in [-0.39, 0.29) is 17.8 Å². The molecule has 1 saturated carbocycles. The minimum absolute atomic E-state index is 0.103. The van der Waals surface area contributed by atoms with E-state index in [1.165, 1.54) is 4.90 Å². The van der Waals surface area contributed by atoms with Gasteiger partial charge in [-0.25, -0.2) is 4.79 Å². The molecule has 1 aromatic carbocycles. The summed E-state index contributed by atoms with van der Waals surface area (Å²) in [6.45, 7) is 2.56. The number of hydrogen-bond acceptors (Lipinski definition) is 4. The van der Waals surface area contributed by atoms with Crippen molar-refractivity contribution in [3.8, 4) is 0 Å². The first-order valence-corrected chi connectivity index (χ1v) is 7.81. The van der Waals surface area contributed by atoms with Crippen LogP contribution in [0.25, 0.3) is 0 Å². The fourth-order valence-electron chi connectivity index (χ4n) is 2.47. The zero-order valence-electron chi connectivity index (χ0n) is 13.0. The van der Waals surface area contributed by atoms with Crippen molar-refractivity contribution in [3.63, 3.8) is 0 Å². The summed E-state index contributed by atoms with van der Waals surface area (Å²) < 4.78 is 0. The standard InChI is InChI=1S/C16H20N4O3/c1-10(15(22)20-8-7-17-16(20)23)18-13-4-2-3-11(9-13)14(21)19-12-5-6-12/h2-4,9-10,12,18H,5-8H2,1H3,(H,17,23)(H,19,21)/t10-/m1/s1. The lowest BCUT2D eigenvalue weighted by atomic mass is 10.1. The van der Waals surface area contributed by atoms with E-state index in [2.05, 4.69) is 16.0 Å². The van der Waals surface area contributed by atoms with Crippen LogP contribution in [0.1, 0.15) is 30.1 Å². The van der Waals surface area contributed by atoms with Crippen molar-refractivity contribution in [1.82, 2.24) is 15.5 Å². The first-order valence-electron chi connectivity index (χ1n) is 7.81. The lowest BCUT2D eigenvalue weighted by Gasteiger charge is -2.20. The minimum atomic E-state index is -0.555.